The molecular formula is C20H23NO2. The zero-order valence-corrected chi connectivity index (χ0v) is 13.4. The van der Waals surface area contributed by atoms with Gasteiger partial charge >= 0.3 is 0 Å². The van der Waals surface area contributed by atoms with Gasteiger partial charge in [0.15, 0.2) is 0 Å². The van der Waals surface area contributed by atoms with Gasteiger partial charge in [0, 0.05) is 19.7 Å². The zero-order valence-electron chi connectivity index (χ0n) is 13.4. The van der Waals surface area contributed by atoms with E-state index in [0.29, 0.717) is 6.61 Å². The highest BCUT2D eigenvalue weighted by Crippen LogP contribution is 2.27. The Morgan fingerprint density at radius 3 is 2.61 bits per heavy atom. The molecule has 0 saturated carbocycles. The number of nitrogens with one attached hydrogen (secondary N) is 1. The number of rotatable bonds is 4. The van der Waals surface area contributed by atoms with Gasteiger partial charge in [0.2, 0.25) is 0 Å². The van der Waals surface area contributed by atoms with Crippen LogP contribution in [-0.4, -0.2) is 19.3 Å². The maximum Gasteiger partial charge on any atom is 0.119 e. The van der Waals surface area contributed by atoms with Gasteiger partial charge in [-0.15, -0.1) is 0 Å². The Morgan fingerprint density at radius 1 is 0.957 bits per heavy atom. The van der Waals surface area contributed by atoms with E-state index in [4.69, 9.17) is 9.47 Å². The lowest BCUT2D eigenvalue weighted by Crippen LogP contribution is -2.25. The largest absolute Gasteiger partial charge is 0.491 e. The molecule has 2 aliphatic heterocycles. The molecule has 0 aromatic heterocycles. The maximum atomic E-state index is 5.88. The van der Waals surface area contributed by atoms with Crippen molar-refractivity contribution in [2.45, 2.75) is 38.5 Å². The summed E-state index contributed by atoms with van der Waals surface area (Å²) in [7, 11) is 0. The summed E-state index contributed by atoms with van der Waals surface area (Å²) in [5.41, 5.74) is 5.34. The molecule has 2 heterocycles. The first-order valence-corrected chi connectivity index (χ1v) is 8.56. The van der Waals surface area contributed by atoms with Gasteiger partial charge in [-0.3, -0.25) is 0 Å². The second kappa shape index (κ2) is 6.73. The minimum atomic E-state index is 0.257. The minimum absolute atomic E-state index is 0.257. The molecule has 0 aliphatic carbocycles. The summed E-state index contributed by atoms with van der Waals surface area (Å²) in [4.78, 5) is 0. The topological polar surface area (TPSA) is 30.5 Å². The summed E-state index contributed by atoms with van der Waals surface area (Å²) in [6.45, 7) is 3.50. The highest BCUT2D eigenvalue weighted by Gasteiger charge is 2.14. The third-order valence-electron chi connectivity index (χ3n) is 4.73. The van der Waals surface area contributed by atoms with Gasteiger partial charge in [-0.2, -0.15) is 0 Å². The van der Waals surface area contributed by atoms with Crippen LogP contribution in [0.4, 0.5) is 0 Å². The number of fused-ring (bicyclic) bond motifs is 1. The third kappa shape index (κ3) is 3.41. The van der Waals surface area contributed by atoms with Crippen LogP contribution in [0.1, 0.15) is 30.4 Å². The summed E-state index contributed by atoms with van der Waals surface area (Å²) in [6.07, 6.45) is 3.80. The molecule has 1 fully saturated rings. The van der Waals surface area contributed by atoms with E-state index in [1.54, 1.807) is 0 Å². The Hall–Kier alpha value is -1.84. The van der Waals surface area contributed by atoms with Crippen molar-refractivity contribution < 1.29 is 9.47 Å². The first kappa shape index (κ1) is 14.7. The maximum absolute atomic E-state index is 5.88. The van der Waals surface area contributed by atoms with E-state index in [-0.39, 0.29) is 6.10 Å². The average Bonchev–Trinajstić information content (AvgIpc) is 3.09. The van der Waals surface area contributed by atoms with Gasteiger partial charge in [0.1, 0.15) is 12.4 Å². The molecule has 3 heteroatoms. The summed E-state index contributed by atoms with van der Waals surface area (Å²) < 4.78 is 11.6. The van der Waals surface area contributed by atoms with Gasteiger partial charge in [0.25, 0.3) is 0 Å². The molecule has 23 heavy (non-hydrogen) atoms. The van der Waals surface area contributed by atoms with E-state index in [9.17, 15) is 0 Å². The Bertz CT molecular complexity index is 660. The number of benzene rings is 2. The summed E-state index contributed by atoms with van der Waals surface area (Å²) in [5.74, 6) is 0.922. The fraction of sp³-hybridized carbons (Fsp3) is 0.400. The SMILES string of the molecule is c1cc(-c2ccc3c(c2)CNC3)ccc1OCC1CCCCO1. The average molecular weight is 309 g/mol. The van der Waals surface area contributed by atoms with Gasteiger partial charge < -0.3 is 14.8 Å². The summed E-state index contributed by atoms with van der Waals surface area (Å²) in [5, 5.41) is 3.39. The van der Waals surface area contributed by atoms with Crippen molar-refractivity contribution in [2.24, 2.45) is 0 Å². The quantitative estimate of drug-likeness (QED) is 0.929. The minimum Gasteiger partial charge on any atom is -0.491 e. The molecule has 0 spiro atoms. The number of hydrogen-bond donors (Lipinski definition) is 1. The van der Waals surface area contributed by atoms with E-state index in [1.807, 2.05) is 0 Å². The van der Waals surface area contributed by atoms with Crippen LogP contribution in [0.5, 0.6) is 5.75 Å². The normalized spacial score (nSPS) is 20.3. The molecule has 1 N–H and O–H groups in total. The van der Waals surface area contributed by atoms with Crippen molar-refractivity contribution in [2.75, 3.05) is 13.2 Å². The van der Waals surface area contributed by atoms with Crippen molar-refractivity contribution in [1.82, 2.24) is 5.32 Å². The molecule has 2 aromatic rings. The second-order valence-corrected chi connectivity index (χ2v) is 6.41. The molecule has 0 bridgehead atoms. The van der Waals surface area contributed by atoms with Gasteiger partial charge in [0.05, 0.1) is 6.10 Å². The Morgan fingerprint density at radius 2 is 1.78 bits per heavy atom. The Kier molecular flexibility index (Phi) is 4.31. The van der Waals surface area contributed by atoms with Gasteiger partial charge in [-0.1, -0.05) is 24.3 Å². The lowest BCUT2D eigenvalue weighted by molar-refractivity contribution is -0.0110. The third-order valence-corrected chi connectivity index (χ3v) is 4.73. The number of hydrogen-bond acceptors (Lipinski definition) is 3. The van der Waals surface area contributed by atoms with Crippen molar-refractivity contribution in [3.05, 3.63) is 53.6 Å². The molecule has 1 unspecified atom stereocenters. The highest BCUT2D eigenvalue weighted by molar-refractivity contribution is 5.66. The lowest BCUT2D eigenvalue weighted by atomic mass is 10.0. The fourth-order valence-electron chi connectivity index (χ4n) is 3.35. The van der Waals surface area contributed by atoms with Crippen LogP contribution in [0.15, 0.2) is 42.5 Å². The molecule has 0 amide bonds. The smallest absolute Gasteiger partial charge is 0.119 e. The van der Waals surface area contributed by atoms with Crippen molar-refractivity contribution in [1.29, 1.82) is 0 Å². The predicted molar refractivity (Wildman–Crippen MR) is 91.5 cm³/mol. The monoisotopic (exact) mass is 309 g/mol. The van der Waals surface area contributed by atoms with Gasteiger partial charge in [-0.05, 0) is 59.7 Å². The molecule has 120 valence electrons. The highest BCUT2D eigenvalue weighted by atomic mass is 16.5. The van der Waals surface area contributed by atoms with Crippen LogP contribution in [0.2, 0.25) is 0 Å². The predicted octanol–water partition coefficient (Wildman–Crippen LogP) is 3.90. The van der Waals surface area contributed by atoms with E-state index in [0.717, 1.165) is 31.9 Å². The first-order chi connectivity index (χ1) is 11.4. The van der Waals surface area contributed by atoms with E-state index >= 15 is 0 Å². The standard InChI is InChI=1S/C20H23NO2/c1-2-10-22-20(3-1)14-23-19-8-6-15(7-9-19)16-4-5-17-12-21-13-18(17)11-16/h4-9,11,20-21H,1-3,10,12-14H2. The zero-order chi connectivity index (χ0) is 15.5. The van der Waals surface area contributed by atoms with E-state index in [2.05, 4.69) is 47.8 Å². The molecular weight excluding hydrogens is 286 g/mol. The van der Waals surface area contributed by atoms with Gasteiger partial charge in [-0.25, -0.2) is 0 Å². The van der Waals surface area contributed by atoms with E-state index in [1.165, 1.54) is 35.1 Å². The summed E-state index contributed by atoms with van der Waals surface area (Å²) >= 11 is 0. The molecule has 1 atom stereocenters. The van der Waals surface area contributed by atoms with Crippen molar-refractivity contribution >= 4 is 0 Å². The fourth-order valence-corrected chi connectivity index (χ4v) is 3.35. The van der Waals surface area contributed by atoms with Crippen LogP contribution >= 0.6 is 0 Å². The number of ether oxygens (including phenoxy) is 2. The lowest BCUT2D eigenvalue weighted by Gasteiger charge is -2.22. The molecule has 4 rings (SSSR count). The van der Waals surface area contributed by atoms with Crippen molar-refractivity contribution in [3.8, 4) is 16.9 Å². The van der Waals surface area contributed by atoms with Crippen LogP contribution < -0.4 is 10.1 Å². The Balaban J connectivity index is 1.41. The Labute approximate surface area is 137 Å². The summed E-state index contributed by atoms with van der Waals surface area (Å²) in [6, 6.07) is 15.1. The van der Waals surface area contributed by atoms with Crippen LogP contribution in [0, 0.1) is 0 Å². The molecule has 2 aliphatic rings. The molecule has 2 aromatic carbocycles. The molecule has 3 nitrogen and oxygen atoms in total. The van der Waals surface area contributed by atoms with Crippen LogP contribution in [0.25, 0.3) is 11.1 Å². The van der Waals surface area contributed by atoms with Crippen molar-refractivity contribution in [3.63, 3.8) is 0 Å². The second-order valence-electron chi connectivity index (χ2n) is 6.41. The van der Waals surface area contributed by atoms with E-state index < -0.39 is 0 Å². The molecule has 0 radical (unpaired) electrons. The van der Waals surface area contributed by atoms with Crippen LogP contribution in [0.3, 0.4) is 0 Å². The first-order valence-electron chi connectivity index (χ1n) is 8.56. The molecule has 1 saturated heterocycles. The van der Waals surface area contributed by atoms with Crippen LogP contribution in [-0.2, 0) is 17.8 Å².